The number of hydrogen-bond acceptors (Lipinski definition) is 4. The van der Waals surface area contributed by atoms with Crippen LogP contribution in [0.25, 0.3) is 0 Å². The van der Waals surface area contributed by atoms with Crippen LogP contribution in [0.2, 0.25) is 0 Å². The van der Waals surface area contributed by atoms with Gasteiger partial charge in [-0.1, -0.05) is 13.8 Å². The number of nitrogens with zero attached hydrogens (tertiary/aromatic N) is 1. The number of esters is 1. The maximum absolute atomic E-state index is 11.1. The summed E-state index contributed by atoms with van der Waals surface area (Å²) in [6, 6.07) is 1.61. The van der Waals surface area contributed by atoms with Crippen LogP contribution in [0.5, 0.6) is 5.75 Å². The highest BCUT2D eigenvalue weighted by molar-refractivity contribution is 9.10. The van der Waals surface area contributed by atoms with Crippen molar-refractivity contribution in [3.63, 3.8) is 0 Å². The fourth-order valence-corrected chi connectivity index (χ4v) is 1.39. The van der Waals surface area contributed by atoms with E-state index in [4.69, 9.17) is 0 Å². The van der Waals surface area contributed by atoms with Gasteiger partial charge in [-0.25, -0.2) is 9.78 Å². The molecule has 0 aromatic carbocycles. The van der Waals surface area contributed by atoms with E-state index in [0.29, 0.717) is 10.2 Å². The average molecular weight is 276 g/mol. The van der Waals surface area contributed by atoms with E-state index in [1.807, 2.05) is 13.8 Å². The van der Waals surface area contributed by atoms with Crippen molar-refractivity contribution in [2.45, 2.75) is 20.8 Å². The van der Waals surface area contributed by atoms with E-state index in [9.17, 15) is 9.90 Å². The summed E-state index contributed by atoms with van der Waals surface area (Å²) in [6.07, 6.45) is 0. The Labute approximate surface area is 97.4 Å². The Balaban J connectivity index is 0.000000921. The number of aryl methyl sites for hydroxylation is 1. The van der Waals surface area contributed by atoms with Gasteiger partial charge in [0.2, 0.25) is 0 Å². The molecule has 0 aliphatic carbocycles. The second kappa shape index (κ2) is 6.40. The molecule has 0 saturated heterocycles. The lowest BCUT2D eigenvalue weighted by Gasteiger charge is -2.04. The molecule has 0 saturated carbocycles. The largest absolute Gasteiger partial charge is 0.505 e. The Kier molecular flexibility index (Phi) is 5.93. The number of aromatic hydroxyl groups is 1. The third kappa shape index (κ3) is 3.51. The highest BCUT2D eigenvalue weighted by atomic mass is 79.9. The van der Waals surface area contributed by atoms with Crippen LogP contribution in [0.1, 0.15) is 29.9 Å². The van der Waals surface area contributed by atoms with Crippen LogP contribution in [-0.4, -0.2) is 23.2 Å². The molecule has 84 valence electrons. The molecule has 0 aliphatic heterocycles. The molecule has 1 aromatic heterocycles. The third-order valence-corrected chi connectivity index (χ3v) is 1.94. The smallest absolute Gasteiger partial charge is 0.360 e. The van der Waals surface area contributed by atoms with Crippen LogP contribution >= 0.6 is 15.9 Å². The summed E-state index contributed by atoms with van der Waals surface area (Å²) in [7, 11) is 1.24. The van der Waals surface area contributed by atoms with Crippen LogP contribution in [0, 0.1) is 6.92 Å². The zero-order valence-corrected chi connectivity index (χ0v) is 10.8. The van der Waals surface area contributed by atoms with Gasteiger partial charge in [0.1, 0.15) is 4.60 Å². The number of pyridine rings is 1. The Morgan fingerprint density at radius 1 is 1.53 bits per heavy atom. The lowest BCUT2D eigenvalue weighted by atomic mass is 10.2. The molecule has 4 nitrogen and oxygen atoms in total. The predicted octanol–water partition coefficient (Wildman–Crippen LogP) is 2.67. The molecule has 1 rings (SSSR count). The first kappa shape index (κ1) is 13.9. The lowest BCUT2D eigenvalue weighted by Crippen LogP contribution is -2.05. The summed E-state index contributed by atoms with van der Waals surface area (Å²) in [5.41, 5.74) is 0.497. The van der Waals surface area contributed by atoms with E-state index in [1.165, 1.54) is 7.11 Å². The Morgan fingerprint density at radius 3 is 2.53 bits per heavy atom. The van der Waals surface area contributed by atoms with E-state index in [-0.39, 0.29) is 11.4 Å². The van der Waals surface area contributed by atoms with Gasteiger partial charge in [-0.2, -0.15) is 0 Å². The number of halogens is 1. The van der Waals surface area contributed by atoms with E-state index in [0.717, 1.165) is 0 Å². The van der Waals surface area contributed by atoms with Crippen molar-refractivity contribution in [2.24, 2.45) is 0 Å². The van der Waals surface area contributed by atoms with Gasteiger partial charge in [0.25, 0.3) is 0 Å². The highest BCUT2D eigenvalue weighted by Crippen LogP contribution is 2.23. The lowest BCUT2D eigenvalue weighted by molar-refractivity contribution is 0.0590. The molecule has 1 N–H and O–H groups in total. The van der Waals surface area contributed by atoms with Gasteiger partial charge in [-0.15, -0.1) is 0 Å². The summed E-state index contributed by atoms with van der Waals surface area (Å²) in [5, 5.41) is 9.44. The standard InChI is InChI=1S/C8H8BrNO3.C2H6/c1-4-3-5(9)10-6(7(4)11)8(12)13-2;1-2/h3,11H,1-2H3;1-2H3. The molecule has 0 bridgehead atoms. The van der Waals surface area contributed by atoms with Crippen LogP contribution in [0.15, 0.2) is 10.7 Å². The fourth-order valence-electron chi connectivity index (χ4n) is 0.865. The van der Waals surface area contributed by atoms with Crippen molar-refractivity contribution in [1.82, 2.24) is 4.98 Å². The van der Waals surface area contributed by atoms with Gasteiger partial charge in [-0.3, -0.25) is 0 Å². The first-order valence-electron chi connectivity index (χ1n) is 4.50. The first-order valence-corrected chi connectivity index (χ1v) is 5.30. The Morgan fingerprint density at radius 2 is 2.07 bits per heavy atom. The van der Waals surface area contributed by atoms with Crippen LogP contribution < -0.4 is 0 Å². The fraction of sp³-hybridized carbons (Fsp3) is 0.400. The minimum absolute atomic E-state index is 0.0747. The number of rotatable bonds is 1. The molecule has 1 aromatic rings. The quantitative estimate of drug-likeness (QED) is 0.632. The van der Waals surface area contributed by atoms with Gasteiger partial charge in [0, 0.05) is 0 Å². The second-order valence-corrected chi connectivity index (χ2v) is 3.26. The maximum Gasteiger partial charge on any atom is 0.360 e. The van der Waals surface area contributed by atoms with Crippen LogP contribution in [0.3, 0.4) is 0 Å². The van der Waals surface area contributed by atoms with Crippen LogP contribution in [-0.2, 0) is 4.74 Å². The van der Waals surface area contributed by atoms with Crippen molar-refractivity contribution in [2.75, 3.05) is 7.11 Å². The minimum atomic E-state index is -0.651. The summed E-state index contributed by atoms with van der Waals surface area (Å²) >= 11 is 3.11. The average Bonchev–Trinajstić information content (AvgIpc) is 2.25. The van der Waals surface area contributed by atoms with Crippen molar-refractivity contribution < 1.29 is 14.6 Å². The number of hydrogen-bond donors (Lipinski definition) is 1. The van der Waals surface area contributed by atoms with Crippen LogP contribution in [0.4, 0.5) is 0 Å². The molecule has 0 atom stereocenters. The zero-order valence-electron chi connectivity index (χ0n) is 9.17. The topological polar surface area (TPSA) is 59.4 Å². The molecular weight excluding hydrogens is 262 g/mol. The number of carbonyl (C=O) groups is 1. The van der Waals surface area contributed by atoms with Gasteiger partial charge in [-0.05, 0) is 34.5 Å². The highest BCUT2D eigenvalue weighted by Gasteiger charge is 2.15. The van der Waals surface area contributed by atoms with E-state index >= 15 is 0 Å². The molecule has 0 amide bonds. The molecule has 0 unspecified atom stereocenters. The zero-order chi connectivity index (χ0) is 12.0. The van der Waals surface area contributed by atoms with Crippen molar-refractivity contribution >= 4 is 21.9 Å². The van der Waals surface area contributed by atoms with Crippen molar-refractivity contribution in [3.8, 4) is 5.75 Å². The van der Waals surface area contributed by atoms with Crippen molar-refractivity contribution in [1.29, 1.82) is 0 Å². The summed E-state index contributed by atoms with van der Waals surface area (Å²) in [5.74, 6) is -0.794. The number of methoxy groups -OCH3 is 1. The van der Waals surface area contributed by atoms with Gasteiger partial charge in [0.15, 0.2) is 11.4 Å². The van der Waals surface area contributed by atoms with E-state index in [2.05, 4.69) is 25.7 Å². The van der Waals surface area contributed by atoms with E-state index < -0.39 is 5.97 Å². The Hall–Kier alpha value is -1.10. The molecule has 0 spiro atoms. The number of aromatic nitrogens is 1. The van der Waals surface area contributed by atoms with Crippen molar-refractivity contribution in [3.05, 3.63) is 21.9 Å². The molecule has 0 radical (unpaired) electrons. The molecule has 1 heterocycles. The summed E-state index contributed by atoms with van der Waals surface area (Å²) in [4.78, 5) is 14.9. The molecule has 0 fully saturated rings. The normalized spacial score (nSPS) is 8.87. The summed E-state index contributed by atoms with van der Waals surface area (Å²) < 4.78 is 4.93. The third-order valence-electron chi connectivity index (χ3n) is 1.53. The first-order chi connectivity index (χ1) is 7.06. The SMILES string of the molecule is CC.COC(=O)c1nc(Br)cc(C)c1O. The van der Waals surface area contributed by atoms with Gasteiger partial charge in [0.05, 0.1) is 7.11 Å². The van der Waals surface area contributed by atoms with Gasteiger partial charge < -0.3 is 9.84 Å². The Bertz CT molecular complexity index is 353. The monoisotopic (exact) mass is 275 g/mol. The molecule has 5 heteroatoms. The molecule has 0 aliphatic rings. The number of ether oxygens (including phenoxy) is 1. The molecular formula is C10H14BrNO3. The minimum Gasteiger partial charge on any atom is -0.505 e. The number of carbonyl (C=O) groups excluding carboxylic acids is 1. The second-order valence-electron chi connectivity index (χ2n) is 2.45. The van der Waals surface area contributed by atoms with Gasteiger partial charge >= 0.3 is 5.97 Å². The molecule has 15 heavy (non-hydrogen) atoms. The van der Waals surface area contributed by atoms with E-state index in [1.54, 1.807) is 13.0 Å². The summed E-state index contributed by atoms with van der Waals surface area (Å²) in [6.45, 7) is 5.67. The maximum atomic E-state index is 11.1. The predicted molar refractivity (Wildman–Crippen MR) is 61.0 cm³/mol.